The zero-order chi connectivity index (χ0) is 23.3. The van der Waals surface area contributed by atoms with Gasteiger partial charge in [0.1, 0.15) is 6.61 Å². The van der Waals surface area contributed by atoms with Crippen molar-refractivity contribution in [1.29, 1.82) is 0 Å². The fourth-order valence-corrected chi connectivity index (χ4v) is 4.91. The molecule has 0 unspecified atom stereocenters. The maximum Gasteiger partial charge on any atom is 0.338 e. The molecule has 0 bridgehead atoms. The van der Waals surface area contributed by atoms with E-state index in [0.29, 0.717) is 16.5 Å². The number of hydrogen-bond donors (Lipinski definition) is 1. The lowest BCUT2D eigenvalue weighted by molar-refractivity contribution is 0.0468. The van der Waals surface area contributed by atoms with Crippen LogP contribution in [-0.2, 0) is 21.4 Å². The minimum Gasteiger partial charge on any atom is -0.456 e. The number of rotatable bonds is 8. The van der Waals surface area contributed by atoms with E-state index in [1.54, 1.807) is 24.3 Å². The largest absolute Gasteiger partial charge is 0.456 e. The maximum absolute atomic E-state index is 12.9. The molecular formula is C24H21N3O4S2. The first-order valence-corrected chi connectivity index (χ1v) is 12.3. The van der Waals surface area contributed by atoms with Crippen LogP contribution >= 0.6 is 11.3 Å². The molecule has 1 aromatic heterocycles. The second-order valence-corrected chi connectivity index (χ2v) is 9.87. The molecule has 0 radical (unpaired) electrons. The van der Waals surface area contributed by atoms with E-state index in [9.17, 15) is 13.2 Å². The summed E-state index contributed by atoms with van der Waals surface area (Å²) in [5, 5.41) is 5.70. The molecule has 33 heavy (non-hydrogen) atoms. The van der Waals surface area contributed by atoms with Gasteiger partial charge in [0.2, 0.25) is 0 Å². The van der Waals surface area contributed by atoms with E-state index < -0.39 is 16.0 Å². The summed E-state index contributed by atoms with van der Waals surface area (Å²) >= 11 is 1.41. The highest BCUT2D eigenvalue weighted by Gasteiger charge is 2.21. The lowest BCUT2D eigenvalue weighted by Crippen LogP contribution is -2.26. The number of carbonyl (C=O) groups excluding carboxylic acids is 1. The molecule has 0 amide bonds. The molecule has 1 N–H and O–H groups in total. The number of thiazole rings is 1. The van der Waals surface area contributed by atoms with Crippen molar-refractivity contribution in [3.05, 3.63) is 102 Å². The van der Waals surface area contributed by atoms with E-state index in [4.69, 9.17) is 4.74 Å². The number of sulfonamides is 1. The zero-order valence-electron chi connectivity index (χ0n) is 17.7. The van der Waals surface area contributed by atoms with Crippen LogP contribution in [0.25, 0.3) is 0 Å². The standard InChI is InChI=1S/C24H21N3O4S2/c1-27(21-10-6-3-7-11-21)33(29,30)22-14-12-18(13-15-22)23(28)31-16-20-17-32-24(26-20)25-19-8-4-2-5-9-19/h2-15,17H,16H2,1H3,(H,25,26). The van der Waals surface area contributed by atoms with Gasteiger partial charge in [0.15, 0.2) is 5.13 Å². The second kappa shape index (κ2) is 9.85. The number of esters is 1. The summed E-state index contributed by atoms with van der Waals surface area (Å²) in [7, 11) is -2.26. The minimum atomic E-state index is -3.75. The van der Waals surface area contributed by atoms with E-state index in [1.807, 2.05) is 41.8 Å². The highest BCUT2D eigenvalue weighted by Crippen LogP contribution is 2.23. The third-order valence-corrected chi connectivity index (χ3v) is 7.40. The van der Waals surface area contributed by atoms with Crippen LogP contribution in [0.15, 0.2) is 95.2 Å². The average Bonchev–Trinajstić information content (AvgIpc) is 3.30. The Morgan fingerprint density at radius 2 is 1.61 bits per heavy atom. The van der Waals surface area contributed by atoms with Crippen LogP contribution in [0.4, 0.5) is 16.5 Å². The molecule has 0 atom stereocenters. The van der Waals surface area contributed by atoms with Gasteiger partial charge in [-0.15, -0.1) is 11.3 Å². The Labute approximate surface area is 196 Å². The maximum atomic E-state index is 12.9. The van der Waals surface area contributed by atoms with Crippen molar-refractivity contribution in [1.82, 2.24) is 4.98 Å². The summed E-state index contributed by atoms with van der Waals surface area (Å²) in [4.78, 5) is 16.9. The van der Waals surface area contributed by atoms with Crippen molar-refractivity contribution in [2.24, 2.45) is 0 Å². The smallest absolute Gasteiger partial charge is 0.338 e. The van der Waals surface area contributed by atoms with Crippen LogP contribution in [0.1, 0.15) is 16.1 Å². The van der Waals surface area contributed by atoms with Gasteiger partial charge in [-0.2, -0.15) is 0 Å². The number of para-hydroxylation sites is 2. The Morgan fingerprint density at radius 3 is 2.27 bits per heavy atom. The number of benzene rings is 3. The third-order valence-electron chi connectivity index (χ3n) is 4.80. The molecule has 1 heterocycles. The zero-order valence-corrected chi connectivity index (χ0v) is 19.3. The Kier molecular flexibility index (Phi) is 6.71. The van der Waals surface area contributed by atoms with E-state index in [2.05, 4.69) is 10.3 Å². The van der Waals surface area contributed by atoms with Gasteiger partial charge >= 0.3 is 5.97 Å². The predicted molar refractivity (Wildman–Crippen MR) is 129 cm³/mol. The van der Waals surface area contributed by atoms with Crippen LogP contribution in [0.2, 0.25) is 0 Å². The molecule has 0 aliphatic heterocycles. The quantitative estimate of drug-likeness (QED) is 0.355. The molecule has 0 aliphatic rings. The Morgan fingerprint density at radius 1 is 0.970 bits per heavy atom. The Hall–Kier alpha value is -3.69. The van der Waals surface area contributed by atoms with Crippen molar-refractivity contribution in [3.63, 3.8) is 0 Å². The van der Waals surface area contributed by atoms with Gasteiger partial charge in [-0.05, 0) is 48.5 Å². The van der Waals surface area contributed by atoms with E-state index in [0.717, 1.165) is 5.69 Å². The molecule has 9 heteroatoms. The fourth-order valence-electron chi connectivity index (χ4n) is 3.00. The summed E-state index contributed by atoms with van der Waals surface area (Å²) in [5.74, 6) is -0.555. The first-order chi connectivity index (χ1) is 15.9. The molecule has 0 saturated heterocycles. The van der Waals surface area contributed by atoms with Gasteiger partial charge in [0, 0.05) is 18.1 Å². The Balaban J connectivity index is 1.37. The predicted octanol–water partition coefficient (Wildman–Crippen LogP) is 5.07. The van der Waals surface area contributed by atoms with Crippen molar-refractivity contribution in [3.8, 4) is 0 Å². The van der Waals surface area contributed by atoms with Crippen molar-refractivity contribution >= 4 is 43.8 Å². The highest BCUT2D eigenvalue weighted by molar-refractivity contribution is 7.92. The summed E-state index contributed by atoms with van der Waals surface area (Å²) in [6, 6.07) is 24.1. The topological polar surface area (TPSA) is 88.6 Å². The first-order valence-electron chi connectivity index (χ1n) is 10.0. The van der Waals surface area contributed by atoms with E-state index >= 15 is 0 Å². The third kappa shape index (κ3) is 5.39. The summed E-state index contributed by atoms with van der Waals surface area (Å²) in [6.07, 6.45) is 0. The lowest BCUT2D eigenvalue weighted by Gasteiger charge is -2.19. The first kappa shape index (κ1) is 22.5. The van der Waals surface area contributed by atoms with Gasteiger partial charge in [0.05, 0.1) is 21.8 Å². The van der Waals surface area contributed by atoms with Crippen molar-refractivity contribution in [2.45, 2.75) is 11.5 Å². The number of anilines is 3. The van der Waals surface area contributed by atoms with Crippen molar-refractivity contribution < 1.29 is 17.9 Å². The number of nitrogens with one attached hydrogen (secondary N) is 1. The Bertz CT molecular complexity index is 1320. The molecule has 0 aliphatic carbocycles. The molecule has 168 valence electrons. The molecule has 0 saturated carbocycles. The number of carbonyl (C=O) groups is 1. The van der Waals surface area contributed by atoms with Gasteiger partial charge < -0.3 is 10.1 Å². The monoisotopic (exact) mass is 479 g/mol. The average molecular weight is 480 g/mol. The van der Waals surface area contributed by atoms with Gasteiger partial charge in [-0.1, -0.05) is 36.4 Å². The number of nitrogens with zero attached hydrogens (tertiary/aromatic N) is 2. The molecule has 4 rings (SSSR count). The van der Waals surface area contributed by atoms with Crippen LogP contribution in [-0.4, -0.2) is 26.4 Å². The number of ether oxygens (including phenoxy) is 1. The van der Waals surface area contributed by atoms with Crippen LogP contribution in [0.5, 0.6) is 0 Å². The van der Waals surface area contributed by atoms with Gasteiger partial charge in [-0.25, -0.2) is 18.2 Å². The summed E-state index contributed by atoms with van der Waals surface area (Å²) in [5.41, 5.74) is 2.35. The second-order valence-electron chi connectivity index (χ2n) is 7.04. The van der Waals surface area contributed by atoms with E-state index in [1.165, 1.54) is 47.0 Å². The molecule has 0 spiro atoms. The highest BCUT2D eigenvalue weighted by atomic mass is 32.2. The van der Waals surface area contributed by atoms with Crippen LogP contribution in [0.3, 0.4) is 0 Å². The molecule has 7 nitrogen and oxygen atoms in total. The molecule has 0 fully saturated rings. The van der Waals surface area contributed by atoms with Gasteiger partial charge in [-0.3, -0.25) is 4.31 Å². The lowest BCUT2D eigenvalue weighted by atomic mass is 10.2. The minimum absolute atomic E-state index is 0.0165. The fraction of sp³-hybridized carbons (Fsp3) is 0.0833. The van der Waals surface area contributed by atoms with Crippen LogP contribution in [0, 0.1) is 0 Å². The summed E-state index contributed by atoms with van der Waals surface area (Å²) in [6.45, 7) is 0.0165. The van der Waals surface area contributed by atoms with Crippen molar-refractivity contribution in [2.75, 3.05) is 16.7 Å². The van der Waals surface area contributed by atoms with Crippen LogP contribution < -0.4 is 9.62 Å². The SMILES string of the molecule is CN(c1ccccc1)S(=O)(=O)c1ccc(C(=O)OCc2csc(Nc3ccccc3)n2)cc1. The number of aromatic nitrogens is 1. The normalized spacial score (nSPS) is 11.1. The summed E-state index contributed by atoms with van der Waals surface area (Å²) < 4.78 is 32.2. The molecular weight excluding hydrogens is 458 g/mol. The number of hydrogen-bond acceptors (Lipinski definition) is 7. The molecule has 4 aromatic rings. The van der Waals surface area contributed by atoms with E-state index in [-0.39, 0.29) is 17.1 Å². The van der Waals surface area contributed by atoms with Gasteiger partial charge in [0.25, 0.3) is 10.0 Å². The molecule has 3 aromatic carbocycles.